The highest BCUT2D eigenvalue weighted by molar-refractivity contribution is 5.92. The number of nitrogens with zero attached hydrogens (tertiary/aromatic N) is 1. The predicted molar refractivity (Wildman–Crippen MR) is 83.3 cm³/mol. The Morgan fingerprint density at radius 2 is 1.88 bits per heavy atom. The molecule has 3 nitrogen and oxygen atoms in total. The van der Waals surface area contributed by atoms with Gasteiger partial charge in [0.2, 0.25) is 5.91 Å². The maximum absolute atomic E-state index is 13.7. The molecule has 26 heavy (non-hydrogen) atoms. The van der Waals surface area contributed by atoms with Gasteiger partial charge >= 0.3 is 6.18 Å². The summed E-state index contributed by atoms with van der Waals surface area (Å²) in [5.41, 5.74) is -0.977. The SMILES string of the molecule is N#CC(NC(=O)/C=C/c1cccc(C(F)(F)F)c1)c1ccc(F)cc1F. The van der Waals surface area contributed by atoms with Gasteiger partial charge in [0.25, 0.3) is 0 Å². The number of nitrogens with one attached hydrogen (secondary N) is 1. The normalized spacial score (nSPS) is 12.6. The molecule has 0 saturated heterocycles. The van der Waals surface area contributed by atoms with Crippen molar-refractivity contribution < 1.29 is 26.7 Å². The van der Waals surface area contributed by atoms with E-state index < -0.39 is 35.3 Å². The third kappa shape index (κ3) is 4.89. The Morgan fingerprint density at radius 3 is 2.50 bits per heavy atom. The van der Waals surface area contributed by atoms with Crippen LogP contribution in [0.15, 0.2) is 48.5 Å². The van der Waals surface area contributed by atoms with Crippen molar-refractivity contribution in [3.05, 3.63) is 76.9 Å². The van der Waals surface area contributed by atoms with Gasteiger partial charge in [-0.3, -0.25) is 4.79 Å². The number of halogens is 5. The molecule has 0 bridgehead atoms. The van der Waals surface area contributed by atoms with Gasteiger partial charge in [-0.05, 0) is 29.8 Å². The Labute approximate surface area is 145 Å². The van der Waals surface area contributed by atoms with Crippen molar-refractivity contribution in [3.63, 3.8) is 0 Å². The predicted octanol–water partition coefficient (Wildman–Crippen LogP) is 4.38. The molecule has 0 aliphatic carbocycles. The highest BCUT2D eigenvalue weighted by Crippen LogP contribution is 2.29. The third-order valence-electron chi connectivity index (χ3n) is 3.33. The molecule has 2 rings (SSSR count). The summed E-state index contributed by atoms with van der Waals surface area (Å²) in [4.78, 5) is 11.9. The largest absolute Gasteiger partial charge is 0.416 e. The molecule has 1 N–H and O–H groups in total. The standard InChI is InChI=1S/C18H11F5N2O/c19-13-5-6-14(15(20)9-13)16(10-24)25-17(26)7-4-11-2-1-3-12(8-11)18(21,22)23/h1-9,16H,(H,25,26)/b7-4+. The maximum Gasteiger partial charge on any atom is 0.416 e. The van der Waals surface area contributed by atoms with Crippen molar-refractivity contribution in [1.29, 1.82) is 5.26 Å². The van der Waals surface area contributed by atoms with E-state index in [0.717, 1.165) is 36.4 Å². The van der Waals surface area contributed by atoms with Crippen LogP contribution in [0.4, 0.5) is 22.0 Å². The Bertz CT molecular complexity index is 884. The van der Waals surface area contributed by atoms with Crippen LogP contribution in [0.25, 0.3) is 6.08 Å². The van der Waals surface area contributed by atoms with Gasteiger partial charge in [-0.2, -0.15) is 18.4 Å². The molecule has 2 aromatic rings. The van der Waals surface area contributed by atoms with E-state index in [2.05, 4.69) is 5.32 Å². The Balaban J connectivity index is 2.12. The van der Waals surface area contributed by atoms with Gasteiger partial charge in [-0.25, -0.2) is 8.78 Å². The van der Waals surface area contributed by atoms with Crippen molar-refractivity contribution >= 4 is 12.0 Å². The second kappa shape index (κ2) is 7.78. The van der Waals surface area contributed by atoms with Gasteiger partial charge in [-0.15, -0.1) is 0 Å². The molecule has 8 heteroatoms. The van der Waals surface area contributed by atoms with Crippen LogP contribution in [0.3, 0.4) is 0 Å². The Hall–Kier alpha value is -3.21. The number of rotatable bonds is 4. The van der Waals surface area contributed by atoms with Gasteiger partial charge in [-0.1, -0.05) is 18.2 Å². The molecule has 0 aliphatic heterocycles. The lowest BCUT2D eigenvalue weighted by molar-refractivity contribution is -0.137. The highest BCUT2D eigenvalue weighted by Gasteiger charge is 2.30. The van der Waals surface area contributed by atoms with Crippen molar-refractivity contribution in [2.24, 2.45) is 0 Å². The summed E-state index contributed by atoms with van der Waals surface area (Å²) in [6, 6.07) is 7.10. The smallest absolute Gasteiger partial charge is 0.333 e. The summed E-state index contributed by atoms with van der Waals surface area (Å²) >= 11 is 0. The highest BCUT2D eigenvalue weighted by atomic mass is 19.4. The first-order valence-corrected chi connectivity index (χ1v) is 7.21. The fourth-order valence-electron chi connectivity index (χ4n) is 2.10. The molecule has 2 aromatic carbocycles. The van der Waals surface area contributed by atoms with Crippen LogP contribution in [0.5, 0.6) is 0 Å². The lowest BCUT2D eigenvalue weighted by Crippen LogP contribution is -2.26. The van der Waals surface area contributed by atoms with Crippen LogP contribution in [-0.2, 0) is 11.0 Å². The number of benzene rings is 2. The number of carbonyl (C=O) groups is 1. The fraction of sp³-hybridized carbons (Fsp3) is 0.111. The van der Waals surface area contributed by atoms with E-state index in [1.165, 1.54) is 12.1 Å². The van der Waals surface area contributed by atoms with Crippen LogP contribution < -0.4 is 5.32 Å². The monoisotopic (exact) mass is 366 g/mol. The zero-order chi connectivity index (χ0) is 19.3. The van der Waals surface area contributed by atoms with Crippen molar-refractivity contribution in [1.82, 2.24) is 5.32 Å². The van der Waals surface area contributed by atoms with E-state index in [0.29, 0.717) is 6.07 Å². The van der Waals surface area contributed by atoms with Gasteiger partial charge in [0.05, 0.1) is 11.6 Å². The van der Waals surface area contributed by atoms with Crippen LogP contribution in [0.2, 0.25) is 0 Å². The molecule has 0 saturated carbocycles. The fourth-order valence-corrected chi connectivity index (χ4v) is 2.10. The number of amides is 1. The molecule has 0 fully saturated rings. The molecule has 0 aliphatic rings. The minimum absolute atomic E-state index is 0.122. The molecular weight excluding hydrogens is 355 g/mol. The average molecular weight is 366 g/mol. The van der Waals surface area contributed by atoms with E-state index in [4.69, 9.17) is 5.26 Å². The first-order valence-electron chi connectivity index (χ1n) is 7.21. The summed E-state index contributed by atoms with van der Waals surface area (Å²) in [5.74, 6) is -2.66. The Kier molecular flexibility index (Phi) is 5.72. The van der Waals surface area contributed by atoms with Crippen LogP contribution in [-0.4, -0.2) is 5.91 Å². The minimum atomic E-state index is -4.52. The first-order chi connectivity index (χ1) is 12.2. The van der Waals surface area contributed by atoms with Crippen molar-refractivity contribution in [2.75, 3.05) is 0 Å². The van der Waals surface area contributed by atoms with Crippen molar-refractivity contribution in [2.45, 2.75) is 12.2 Å². The van der Waals surface area contributed by atoms with E-state index >= 15 is 0 Å². The summed E-state index contributed by atoms with van der Waals surface area (Å²) < 4.78 is 64.5. The average Bonchev–Trinajstić information content (AvgIpc) is 2.58. The maximum atomic E-state index is 13.7. The topological polar surface area (TPSA) is 52.9 Å². The molecular formula is C18H11F5N2O. The number of carbonyl (C=O) groups excluding carboxylic acids is 1. The molecule has 1 atom stereocenters. The second-order valence-corrected chi connectivity index (χ2v) is 5.19. The molecule has 0 aromatic heterocycles. The molecule has 1 amide bonds. The second-order valence-electron chi connectivity index (χ2n) is 5.19. The number of nitriles is 1. The summed E-state index contributed by atoms with van der Waals surface area (Å²) in [6.45, 7) is 0. The lowest BCUT2D eigenvalue weighted by atomic mass is 10.1. The van der Waals surface area contributed by atoms with Crippen LogP contribution >= 0.6 is 0 Å². The van der Waals surface area contributed by atoms with E-state index in [1.807, 2.05) is 0 Å². The van der Waals surface area contributed by atoms with E-state index in [1.54, 1.807) is 6.07 Å². The summed E-state index contributed by atoms with van der Waals surface area (Å²) in [5, 5.41) is 11.2. The van der Waals surface area contributed by atoms with E-state index in [9.17, 15) is 26.7 Å². The number of hydrogen-bond donors (Lipinski definition) is 1. The van der Waals surface area contributed by atoms with Gasteiger partial charge < -0.3 is 5.32 Å². The number of alkyl halides is 3. The zero-order valence-electron chi connectivity index (χ0n) is 13.0. The quantitative estimate of drug-likeness (QED) is 0.645. The molecule has 0 radical (unpaired) electrons. The van der Waals surface area contributed by atoms with E-state index in [-0.39, 0.29) is 11.1 Å². The summed E-state index contributed by atoms with van der Waals surface area (Å²) in [6.07, 6.45) is -2.47. The Morgan fingerprint density at radius 1 is 1.15 bits per heavy atom. The molecule has 0 heterocycles. The first kappa shape index (κ1) is 19.1. The van der Waals surface area contributed by atoms with Gasteiger partial charge in [0.1, 0.15) is 17.7 Å². The van der Waals surface area contributed by atoms with Crippen LogP contribution in [0.1, 0.15) is 22.7 Å². The van der Waals surface area contributed by atoms with Crippen LogP contribution in [0, 0.1) is 23.0 Å². The van der Waals surface area contributed by atoms with Crippen molar-refractivity contribution in [3.8, 4) is 6.07 Å². The molecule has 134 valence electrons. The lowest BCUT2D eigenvalue weighted by Gasteiger charge is -2.11. The number of hydrogen-bond acceptors (Lipinski definition) is 2. The summed E-state index contributed by atoms with van der Waals surface area (Å²) in [7, 11) is 0. The molecule has 0 spiro atoms. The van der Waals surface area contributed by atoms with Gasteiger partial charge in [0, 0.05) is 17.7 Å². The third-order valence-corrected chi connectivity index (χ3v) is 3.33. The molecule has 1 unspecified atom stereocenters. The van der Waals surface area contributed by atoms with Gasteiger partial charge in [0.15, 0.2) is 0 Å². The minimum Gasteiger partial charge on any atom is -0.333 e. The zero-order valence-corrected chi connectivity index (χ0v) is 13.0.